The summed E-state index contributed by atoms with van der Waals surface area (Å²) in [5, 5.41) is 4.33. The van der Waals surface area contributed by atoms with Gasteiger partial charge in [-0.05, 0) is 68.2 Å². The van der Waals surface area contributed by atoms with Crippen molar-refractivity contribution >= 4 is 27.3 Å². The number of hydrogen-bond acceptors (Lipinski definition) is 6. The number of sulfonamides is 1. The Morgan fingerprint density at radius 2 is 1.69 bits per heavy atom. The van der Waals surface area contributed by atoms with Crippen molar-refractivity contribution in [2.45, 2.75) is 58.3 Å². The van der Waals surface area contributed by atoms with Crippen molar-refractivity contribution in [3.8, 4) is 11.5 Å². The van der Waals surface area contributed by atoms with Crippen LogP contribution in [0.1, 0.15) is 52.0 Å². The summed E-state index contributed by atoms with van der Waals surface area (Å²) in [6.07, 6.45) is 3.68. The molecule has 1 saturated carbocycles. The molecule has 1 fully saturated rings. The minimum atomic E-state index is -4.08. The van der Waals surface area contributed by atoms with Crippen LogP contribution >= 0.6 is 0 Å². The highest BCUT2D eigenvalue weighted by Gasteiger charge is 2.31. The van der Waals surface area contributed by atoms with Crippen LogP contribution in [0.2, 0.25) is 0 Å². The lowest BCUT2D eigenvalue weighted by Gasteiger charge is -2.34. The molecule has 2 aromatic carbocycles. The van der Waals surface area contributed by atoms with Gasteiger partial charge < -0.3 is 9.47 Å². The highest BCUT2D eigenvalue weighted by Crippen LogP contribution is 2.37. The van der Waals surface area contributed by atoms with Crippen molar-refractivity contribution in [1.82, 2.24) is 5.43 Å². The normalized spacial score (nSPS) is 16.3. The fraction of sp³-hybridized carbons (Fsp3) is 0.481. The maximum Gasteiger partial charge on any atom is 0.264 e. The number of nitrogens with one attached hydrogen (secondary N) is 1. The van der Waals surface area contributed by atoms with Crippen LogP contribution in [0.4, 0.5) is 5.69 Å². The van der Waals surface area contributed by atoms with Crippen molar-refractivity contribution in [2.75, 3.05) is 25.1 Å². The van der Waals surface area contributed by atoms with Gasteiger partial charge in [-0.2, -0.15) is 5.10 Å². The maximum absolute atomic E-state index is 13.7. The molecule has 1 amide bonds. The lowest BCUT2D eigenvalue weighted by molar-refractivity contribution is -0.119. The first kappa shape index (κ1) is 27.5. The second kappa shape index (κ2) is 11.3. The molecular formula is C27H37N3O5S. The lowest BCUT2D eigenvalue weighted by Crippen LogP contribution is -2.40. The maximum atomic E-state index is 13.7. The topological polar surface area (TPSA) is 97.3 Å². The predicted octanol–water partition coefficient (Wildman–Crippen LogP) is 4.92. The molecule has 0 saturated heterocycles. The summed E-state index contributed by atoms with van der Waals surface area (Å²) >= 11 is 0. The van der Waals surface area contributed by atoms with E-state index in [2.05, 4.69) is 31.3 Å². The summed E-state index contributed by atoms with van der Waals surface area (Å²) in [5.74, 6) is 0.855. The van der Waals surface area contributed by atoms with E-state index in [1.807, 2.05) is 6.92 Å². The number of carbonyl (C=O) groups is 1. The third-order valence-electron chi connectivity index (χ3n) is 6.68. The molecule has 0 bridgehead atoms. The number of aryl methyl sites for hydroxylation is 1. The summed E-state index contributed by atoms with van der Waals surface area (Å²) in [4.78, 5) is 13.0. The molecule has 0 atom stereocenters. The first-order valence-electron chi connectivity index (χ1n) is 12.1. The molecule has 2 aromatic rings. The van der Waals surface area contributed by atoms with E-state index in [-0.39, 0.29) is 21.7 Å². The average Bonchev–Trinajstić information content (AvgIpc) is 2.85. The molecule has 9 heteroatoms. The van der Waals surface area contributed by atoms with Crippen molar-refractivity contribution < 1.29 is 22.7 Å². The molecule has 1 aliphatic carbocycles. The zero-order valence-electron chi connectivity index (χ0n) is 22.0. The van der Waals surface area contributed by atoms with E-state index in [0.717, 1.165) is 41.3 Å². The summed E-state index contributed by atoms with van der Waals surface area (Å²) < 4.78 is 39.1. The first-order valence-corrected chi connectivity index (χ1v) is 13.6. The standard InChI is InChI=1S/C27H37N3O5S/c1-19-7-14-23(15-8-19)36(32,33)30(24-16-13-22(34-5)17-25(24)35-6)18-26(31)29-28-21-11-9-20(10-12-21)27(2,3)4/h7-8,13-17,20H,9-12,18H2,1-6H3,(H,29,31). The summed E-state index contributed by atoms with van der Waals surface area (Å²) in [6, 6.07) is 11.3. The van der Waals surface area contributed by atoms with Gasteiger partial charge in [0.25, 0.3) is 15.9 Å². The molecule has 36 heavy (non-hydrogen) atoms. The zero-order valence-corrected chi connectivity index (χ0v) is 22.8. The molecule has 0 radical (unpaired) electrons. The number of carbonyl (C=O) groups excluding carboxylic acids is 1. The number of methoxy groups -OCH3 is 2. The van der Waals surface area contributed by atoms with Crippen LogP contribution in [0.3, 0.4) is 0 Å². The van der Waals surface area contributed by atoms with Gasteiger partial charge in [-0.15, -0.1) is 0 Å². The average molecular weight is 516 g/mol. The Balaban J connectivity index is 1.86. The van der Waals surface area contributed by atoms with Gasteiger partial charge in [0.1, 0.15) is 18.0 Å². The van der Waals surface area contributed by atoms with Gasteiger partial charge in [-0.3, -0.25) is 9.10 Å². The Bertz CT molecular complexity index is 1190. The van der Waals surface area contributed by atoms with Crippen LogP contribution in [0.5, 0.6) is 11.5 Å². The van der Waals surface area contributed by atoms with Crippen molar-refractivity contribution in [3.63, 3.8) is 0 Å². The smallest absolute Gasteiger partial charge is 0.264 e. The zero-order chi connectivity index (χ0) is 26.5. The minimum absolute atomic E-state index is 0.0746. The van der Waals surface area contributed by atoms with Crippen LogP contribution in [-0.2, 0) is 14.8 Å². The van der Waals surface area contributed by atoms with Crippen molar-refractivity contribution in [2.24, 2.45) is 16.4 Å². The van der Waals surface area contributed by atoms with Crippen LogP contribution in [0, 0.1) is 18.3 Å². The molecule has 196 valence electrons. The van der Waals surface area contributed by atoms with E-state index in [1.54, 1.807) is 30.3 Å². The minimum Gasteiger partial charge on any atom is -0.497 e. The SMILES string of the molecule is COc1ccc(N(CC(=O)NN=C2CCC(C(C)(C)C)CC2)S(=O)(=O)c2ccc(C)cc2)c(OC)c1. The van der Waals surface area contributed by atoms with Gasteiger partial charge in [0, 0.05) is 11.8 Å². The Morgan fingerprint density at radius 3 is 2.25 bits per heavy atom. The number of hydrazone groups is 1. The molecular weight excluding hydrogens is 478 g/mol. The molecule has 0 aromatic heterocycles. The molecule has 1 aliphatic rings. The Kier molecular flexibility index (Phi) is 8.66. The van der Waals surface area contributed by atoms with E-state index < -0.39 is 22.5 Å². The fourth-order valence-corrected chi connectivity index (χ4v) is 5.80. The number of hydrogen-bond donors (Lipinski definition) is 1. The Morgan fingerprint density at radius 1 is 1.06 bits per heavy atom. The number of anilines is 1. The molecule has 3 rings (SSSR count). The van der Waals surface area contributed by atoms with Gasteiger partial charge in [0.05, 0.1) is 24.8 Å². The van der Waals surface area contributed by atoms with E-state index in [0.29, 0.717) is 11.7 Å². The number of rotatable bonds is 8. The molecule has 0 heterocycles. The number of nitrogens with zero attached hydrogens (tertiary/aromatic N) is 2. The van der Waals surface area contributed by atoms with E-state index >= 15 is 0 Å². The molecule has 1 N–H and O–H groups in total. The highest BCUT2D eigenvalue weighted by atomic mass is 32.2. The fourth-order valence-electron chi connectivity index (χ4n) is 4.36. The summed E-state index contributed by atoms with van der Waals surface area (Å²) in [7, 11) is -1.13. The van der Waals surface area contributed by atoms with E-state index in [4.69, 9.17) is 9.47 Å². The number of amides is 1. The Labute approximate surface area is 214 Å². The molecule has 8 nitrogen and oxygen atoms in total. The van der Waals surface area contributed by atoms with Gasteiger partial charge in [0.15, 0.2) is 0 Å². The molecule has 0 spiro atoms. The van der Waals surface area contributed by atoms with Gasteiger partial charge >= 0.3 is 0 Å². The van der Waals surface area contributed by atoms with Crippen LogP contribution in [0.15, 0.2) is 52.5 Å². The largest absolute Gasteiger partial charge is 0.497 e. The molecule has 0 unspecified atom stereocenters. The van der Waals surface area contributed by atoms with Crippen LogP contribution in [-0.4, -0.2) is 40.8 Å². The quantitative estimate of drug-likeness (QED) is 0.504. The van der Waals surface area contributed by atoms with Crippen LogP contribution in [0.25, 0.3) is 0 Å². The van der Waals surface area contributed by atoms with E-state index in [9.17, 15) is 13.2 Å². The molecule has 0 aliphatic heterocycles. The summed E-state index contributed by atoms with van der Waals surface area (Å²) in [5.41, 5.74) is 4.91. The predicted molar refractivity (Wildman–Crippen MR) is 142 cm³/mol. The first-order chi connectivity index (χ1) is 17.0. The lowest BCUT2D eigenvalue weighted by atomic mass is 9.72. The highest BCUT2D eigenvalue weighted by molar-refractivity contribution is 7.92. The van der Waals surface area contributed by atoms with Gasteiger partial charge in [-0.25, -0.2) is 13.8 Å². The third kappa shape index (κ3) is 6.57. The van der Waals surface area contributed by atoms with Gasteiger partial charge in [0.2, 0.25) is 0 Å². The second-order valence-corrected chi connectivity index (χ2v) is 12.1. The summed E-state index contributed by atoms with van der Waals surface area (Å²) in [6.45, 7) is 8.16. The van der Waals surface area contributed by atoms with Crippen LogP contribution < -0.4 is 19.2 Å². The second-order valence-electron chi connectivity index (χ2n) is 10.2. The Hall–Kier alpha value is -3.07. The van der Waals surface area contributed by atoms with Crippen molar-refractivity contribution in [3.05, 3.63) is 48.0 Å². The monoisotopic (exact) mass is 515 g/mol. The van der Waals surface area contributed by atoms with Gasteiger partial charge in [-0.1, -0.05) is 38.5 Å². The van der Waals surface area contributed by atoms with E-state index in [1.165, 1.54) is 26.4 Å². The number of ether oxygens (including phenoxy) is 2. The third-order valence-corrected chi connectivity index (χ3v) is 8.45. The number of benzene rings is 2. The van der Waals surface area contributed by atoms with Crippen molar-refractivity contribution in [1.29, 1.82) is 0 Å².